The second kappa shape index (κ2) is 11.9. The third kappa shape index (κ3) is 11.0. The fourth-order valence-electron chi connectivity index (χ4n) is 1.73. The van der Waals surface area contributed by atoms with Crippen LogP contribution in [0.3, 0.4) is 0 Å². The summed E-state index contributed by atoms with van der Waals surface area (Å²) in [5.74, 6) is 0. The highest BCUT2D eigenvalue weighted by Gasteiger charge is 2.19. The lowest BCUT2D eigenvalue weighted by atomic mass is 10.2. The largest absolute Gasteiger partial charge is 0.385 e. The normalized spacial score (nSPS) is 15.2. The molecule has 18 heavy (non-hydrogen) atoms. The van der Waals surface area contributed by atoms with Gasteiger partial charge in [0.05, 0.1) is 13.2 Å². The van der Waals surface area contributed by atoms with Gasteiger partial charge in [0.25, 0.3) is 0 Å². The highest BCUT2D eigenvalue weighted by molar-refractivity contribution is 4.80. The van der Waals surface area contributed by atoms with Crippen LogP contribution < -0.4 is 5.32 Å². The summed E-state index contributed by atoms with van der Waals surface area (Å²) in [6.45, 7) is 5.00. The summed E-state index contributed by atoms with van der Waals surface area (Å²) in [7, 11) is 1.71. The van der Waals surface area contributed by atoms with Crippen molar-refractivity contribution in [1.82, 2.24) is 5.32 Å². The predicted molar refractivity (Wildman–Crippen MR) is 73.0 cm³/mol. The van der Waals surface area contributed by atoms with Gasteiger partial charge in [-0.3, -0.25) is 0 Å². The van der Waals surface area contributed by atoms with Crippen LogP contribution in [0.5, 0.6) is 0 Å². The van der Waals surface area contributed by atoms with Crippen LogP contribution in [0.2, 0.25) is 0 Å². The maximum Gasteiger partial charge on any atom is 0.0700 e. The molecule has 0 aromatic heterocycles. The van der Waals surface area contributed by atoms with E-state index >= 15 is 0 Å². The lowest BCUT2D eigenvalue weighted by molar-refractivity contribution is 0.0387. The first-order chi connectivity index (χ1) is 8.93. The van der Waals surface area contributed by atoms with Crippen molar-refractivity contribution in [2.24, 2.45) is 0 Å². The molecule has 4 nitrogen and oxygen atoms in total. The fraction of sp³-hybridized carbons (Fsp3) is 1.00. The van der Waals surface area contributed by atoms with Gasteiger partial charge in [0.15, 0.2) is 0 Å². The minimum Gasteiger partial charge on any atom is -0.385 e. The average Bonchev–Trinajstić information content (AvgIpc) is 3.19. The zero-order chi connectivity index (χ0) is 12.9. The molecule has 1 aliphatic rings. The Balaban J connectivity index is 1.60. The number of unbranched alkanes of at least 4 members (excludes halogenated alkanes) is 2. The number of hydrogen-bond acceptors (Lipinski definition) is 4. The van der Waals surface area contributed by atoms with Gasteiger partial charge in [-0.15, -0.1) is 0 Å². The Labute approximate surface area is 111 Å². The summed E-state index contributed by atoms with van der Waals surface area (Å²) in [6, 6.07) is 0.844. The van der Waals surface area contributed by atoms with Crippen molar-refractivity contribution >= 4 is 0 Å². The van der Waals surface area contributed by atoms with Crippen molar-refractivity contribution in [2.75, 3.05) is 46.7 Å². The zero-order valence-corrected chi connectivity index (χ0v) is 11.8. The predicted octanol–water partition coefficient (Wildman–Crippen LogP) is 1.98. The molecule has 0 bridgehead atoms. The molecule has 0 spiro atoms. The molecule has 1 fully saturated rings. The topological polar surface area (TPSA) is 39.7 Å². The van der Waals surface area contributed by atoms with Crippen LogP contribution >= 0.6 is 0 Å². The smallest absolute Gasteiger partial charge is 0.0700 e. The minimum absolute atomic E-state index is 0.701. The molecule has 1 saturated carbocycles. The average molecular weight is 259 g/mol. The molecule has 4 heteroatoms. The Hall–Kier alpha value is -0.160. The summed E-state index contributed by atoms with van der Waals surface area (Å²) < 4.78 is 15.8. The molecule has 0 aliphatic heterocycles. The van der Waals surface area contributed by atoms with E-state index in [9.17, 15) is 0 Å². The Morgan fingerprint density at radius 1 is 0.833 bits per heavy atom. The molecule has 0 unspecified atom stereocenters. The standard InChI is InChI=1S/C14H29NO3/c1-16-9-5-11-18-13-12-17-10-4-2-3-8-15-14-6-7-14/h14-15H,2-13H2,1H3. The Morgan fingerprint density at radius 2 is 1.56 bits per heavy atom. The van der Waals surface area contributed by atoms with E-state index in [1.54, 1.807) is 7.11 Å². The molecule has 108 valence electrons. The van der Waals surface area contributed by atoms with Crippen molar-refractivity contribution in [3.05, 3.63) is 0 Å². The molecular formula is C14H29NO3. The lowest BCUT2D eigenvalue weighted by Gasteiger charge is -2.06. The molecule has 1 aliphatic carbocycles. The van der Waals surface area contributed by atoms with Crippen LogP contribution in [0.25, 0.3) is 0 Å². The molecule has 0 aromatic rings. The van der Waals surface area contributed by atoms with Gasteiger partial charge in [0.2, 0.25) is 0 Å². The van der Waals surface area contributed by atoms with E-state index in [4.69, 9.17) is 14.2 Å². The molecule has 0 radical (unpaired) electrons. The van der Waals surface area contributed by atoms with E-state index in [-0.39, 0.29) is 0 Å². The van der Waals surface area contributed by atoms with Crippen molar-refractivity contribution in [1.29, 1.82) is 0 Å². The first-order valence-electron chi connectivity index (χ1n) is 7.31. The molecule has 0 heterocycles. The van der Waals surface area contributed by atoms with Gasteiger partial charge in [-0.05, 0) is 45.1 Å². The van der Waals surface area contributed by atoms with Crippen LogP contribution in [0.1, 0.15) is 38.5 Å². The fourth-order valence-corrected chi connectivity index (χ4v) is 1.73. The van der Waals surface area contributed by atoms with Gasteiger partial charge < -0.3 is 19.5 Å². The van der Waals surface area contributed by atoms with E-state index in [0.717, 1.165) is 38.7 Å². The number of ether oxygens (including phenoxy) is 3. The van der Waals surface area contributed by atoms with E-state index in [1.807, 2.05) is 0 Å². The Kier molecular flexibility index (Phi) is 10.5. The quantitative estimate of drug-likeness (QED) is 0.484. The van der Waals surface area contributed by atoms with Gasteiger partial charge in [-0.1, -0.05) is 0 Å². The molecule has 0 amide bonds. The van der Waals surface area contributed by atoms with Crippen molar-refractivity contribution in [3.8, 4) is 0 Å². The van der Waals surface area contributed by atoms with Crippen molar-refractivity contribution < 1.29 is 14.2 Å². The van der Waals surface area contributed by atoms with Crippen molar-refractivity contribution in [3.63, 3.8) is 0 Å². The lowest BCUT2D eigenvalue weighted by Crippen LogP contribution is -2.17. The first-order valence-corrected chi connectivity index (χ1v) is 7.31. The monoisotopic (exact) mass is 259 g/mol. The summed E-state index contributed by atoms with van der Waals surface area (Å²) in [5, 5.41) is 3.52. The SMILES string of the molecule is COCCCOCCOCCCCCNC1CC1. The molecular weight excluding hydrogens is 230 g/mol. The maximum atomic E-state index is 5.50. The molecule has 0 atom stereocenters. The second-order valence-electron chi connectivity index (χ2n) is 4.86. The second-order valence-corrected chi connectivity index (χ2v) is 4.86. The van der Waals surface area contributed by atoms with Gasteiger partial charge in [-0.25, -0.2) is 0 Å². The van der Waals surface area contributed by atoms with E-state index < -0.39 is 0 Å². The number of rotatable bonds is 14. The van der Waals surface area contributed by atoms with Gasteiger partial charge >= 0.3 is 0 Å². The zero-order valence-electron chi connectivity index (χ0n) is 11.8. The molecule has 1 N–H and O–H groups in total. The summed E-state index contributed by atoms with van der Waals surface area (Å²) in [5.41, 5.74) is 0. The summed E-state index contributed by atoms with van der Waals surface area (Å²) in [4.78, 5) is 0. The Morgan fingerprint density at radius 3 is 2.22 bits per heavy atom. The van der Waals surface area contributed by atoms with Crippen LogP contribution in [-0.2, 0) is 14.2 Å². The Bertz CT molecular complexity index is 174. The third-order valence-electron chi connectivity index (χ3n) is 2.98. The number of methoxy groups -OCH3 is 1. The van der Waals surface area contributed by atoms with Gasteiger partial charge in [-0.2, -0.15) is 0 Å². The van der Waals surface area contributed by atoms with Gasteiger partial charge in [0.1, 0.15) is 0 Å². The highest BCUT2D eigenvalue weighted by atomic mass is 16.5. The van der Waals surface area contributed by atoms with Gasteiger partial charge in [0, 0.05) is 33.0 Å². The molecule has 1 rings (SSSR count). The van der Waals surface area contributed by atoms with E-state index in [2.05, 4.69) is 5.32 Å². The first kappa shape index (κ1) is 15.9. The van der Waals surface area contributed by atoms with Crippen LogP contribution in [0, 0.1) is 0 Å². The number of hydrogen-bond donors (Lipinski definition) is 1. The summed E-state index contributed by atoms with van der Waals surface area (Å²) in [6.07, 6.45) is 7.42. The van der Waals surface area contributed by atoms with Crippen molar-refractivity contribution in [2.45, 2.75) is 44.6 Å². The van der Waals surface area contributed by atoms with Crippen LogP contribution in [0.15, 0.2) is 0 Å². The van der Waals surface area contributed by atoms with Crippen LogP contribution in [0.4, 0.5) is 0 Å². The number of nitrogens with one attached hydrogen (secondary N) is 1. The van der Waals surface area contributed by atoms with E-state index in [0.29, 0.717) is 13.2 Å². The molecule has 0 saturated heterocycles. The van der Waals surface area contributed by atoms with E-state index in [1.165, 1.54) is 32.2 Å². The highest BCUT2D eigenvalue weighted by Crippen LogP contribution is 2.18. The van der Waals surface area contributed by atoms with Crippen LogP contribution in [-0.4, -0.2) is 52.7 Å². The third-order valence-corrected chi connectivity index (χ3v) is 2.98. The minimum atomic E-state index is 0.701. The summed E-state index contributed by atoms with van der Waals surface area (Å²) >= 11 is 0. The molecule has 0 aromatic carbocycles. The maximum absolute atomic E-state index is 5.50.